The highest BCUT2D eigenvalue weighted by atomic mass is 32.2. The molecular formula is C36H47N3O7S. The van der Waals surface area contributed by atoms with Crippen LogP contribution in [0.5, 0.6) is 5.75 Å². The van der Waals surface area contributed by atoms with Crippen LogP contribution in [-0.2, 0) is 26.0 Å². The normalized spacial score (nSPS) is 20.3. The molecule has 0 saturated carbocycles. The number of fused-ring (bicyclic) bond motifs is 1. The second-order valence-electron chi connectivity index (χ2n) is 12.4. The first kappa shape index (κ1) is 35.9. The maximum absolute atomic E-state index is 14.3. The Bertz CT molecular complexity index is 1570. The van der Waals surface area contributed by atoms with Crippen LogP contribution in [0.25, 0.3) is 0 Å². The zero-order chi connectivity index (χ0) is 34.0. The molecule has 1 heterocycles. The number of benzene rings is 3. The van der Waals surface area contributed by atoms with Gasteiger partial charge in [0.05, 0.1) is 41.7 Å². The number of nitrogens with one attached hydrogen (secondary N) is 1. The smallest absolute Gasteiger partial charge is 0.261 e. The first-order valence-electron chi connectivity index (χ1n) is 16.2. The fourth-order valence-corrected chi connectivity index (χ4v) is 6.61. The van der Waals surface area contributed by atoms with Crippen LogP contribution in [0.15, 0.2) is 83.8 Å². The van der Waals surface area contributed by atoms with Gasteiger partial charge < -0.3 is 24.4 Å². The standard InChI is InChI=1S/C36H47N3O7S/c1-26-23-39(27(2)25-40)36(42)32-22-30(37-47(43,44)31-16-9-6-10-17-31)18-19-33(32)46-28(3)13-11-12-20-45-34(26)24-38(4)35(41)21-29-14-7-5-8-15-29/h5-10,14-19,22,26-28,34,37,40H,11-13,20-21,23-25H2,1-4H3/t26-,27+,28-,34-/m1/s1. The van der Waals surface area contributed by atoms with E-state index < -0.39 is 22.0 Å². The maximum atomic E-state index is 14.3. The third-order valence-electron chi connectivity index (χ3n) is 8.43. The van der Waals surface area contributed by atoms with Gasteiger partial charge in [0.15, 0.2) is 0 Å². The zero-order valence-corrected chi connectivity index (χ0v) is 28.5. The summed E-state index contributed by atoms with van der Waals surface area (Å²) in [4.78, 5) is 30.8. The number of carbonyl (C=O) groups is 2. The van der Waals surface area contributed by atoms with Gasteiger partial charge in [-0.3, -0.25) is 14.3 Å². The number of hydrogen-bond acceptors (Lipinski definition) is 7. The van der Waals surface area contributed by atoms with Gasteiger partial charge in [-0.05, 0) is 69.0 Å². The van der Waals surface area contributed by atoms with E-state index in [9.17, 15) is 23.1 Å². The summed E-state index contributed by atoms with van der Waals surface area (Å²) < 4.78 is 41.4. The molecule has 0 unspecified atom stereocenters. The Hall–Kier alpha value is -3.93. The molecule has 1 aliphatic rings. The molecule has 254 valence electrons. The number of hydrogen-bond donors (Lipinski definition) is 2. The predicted octanol–water partition coefficient (Wildman–Crippen LogP) is 4.98. The lowest BCUT2D eigenvalue weighted by Crippen LogP contribution is -2.48. The number of likely N-dealkylation sites (N-methyl/N-ethyl adjacent to an activating group) is 1. The molecule has 10 nitrogen and oxygen atoms in total. The first-order valence-corrected chi connectivity index (χ1v) is 17.7. The van der Waals surface area contributed by atoms with Gasteiger partial charge >= 0.3 is 0 Å². The molecule has 1 aliphatic heterocycles. The molecule has 0 spiro atoms. The number of carbonyl (C=O) groups excluding carboxylic acids is 2. The van der Waals surface area contributed by atoms with E-state index in [1.54, 1.807) is 54.1 Å². The van der Waals surface area contributed by atoms with E-state index in [4.69, 9.17) is 9.47 Å². The molecule has 47 heavy (non-hydrogen) atoms. The van der Waals surface area contributed by atoms with Gasteiger partial charge in [-0.15, -0.1) is 0 Å². The lowest BCUT2D eigenvalue weighted by molar-refractivity contribution is -0.131. The molecule has 11 heteroatoms. The van der Waals surface area contributed by atoms with Crippen LogP contribution in [0.1, 0.15) is 56.0 Å². The molecule has 0 saturated heterocycles. The van der Waals surface area contributed by atoms with E-state index in [2.05, 4.69) is 4.72 Å². The number of amides is 2. The molecule has 0 radical (unpaired) electrons. The first-order chi connectivity index (χ1) is 22.5. The average molecular weight is 666 g/mol. The highest BCUT2D eigenvalue weighted by Crippen LogP contribution is 2.29. The van der Waals surface area contributed by atoms with Crippen LogP contribution in [0.4, 0.5) is 5.69 Å². The Labute approximate surface area is 278 Å². The van der Waals surface area contributed by atoms with Gasteiger partial charge in [0.1, 0.15) is 5.75 Å². The molecule has 0 aromatic heterocycles. The summed E-state index contributed by atoms with van der Waals surface area (Å²) in [5.74, 6) is -0.325. The van der Waals surface area contributed by atoms with Crippen molar-refractivity contribution in [3.63, 3.8) is 0 Å². The molecule has 2 amide bonds. The number of sulfonamides is 1. The lowest BCUT2D eigenvalue weighted by Gasteiger charge is -2.36. The largest absolute Gasteiger partial charge is 0.490 e. The SMILES string of the molecule is C[C@@H]1CCCCO[C@H](CN(C)C(=O)Cc2ccccc2)[C@H](C)CN([C@@H](C)CO)C(=O)c2cc(NS(=O)(=O)c3ccccc3)ccc2O1. The van der Waals surface area contributed by atoms with Crippen molar-refractivity contribution >= 4 is 27.5 Å². The van der Waals surface area contributed by atoms with E-state index in [0.717, 1.165) is 18.4 Å². The zero-order valence-electron chi connectivity index (χ0n) is 27.7. The fourth-order valence-electron chi connectivity index (χ4n) is 5.54. The molecule has 3 aromatic carbocycles. The predicted molar refractivity (Wildman–Crippen MR) is 182 cm³/mol. The summed E-state index contributed by atoms with van der Waals surface area (Å²) in [6.07, 6.45) is 2.01. The van der Waals surface area contributed by atoms with Crippen LogP contribution < -0.4 is 9.46 Å². The number of nitrogens with zero attached hydrogens (tertiary/aromatic N) is 2. The van der Waals surface area contributed by atoms with E-state index in [1.807, 2.05) is 44.2 Å². The van der Waals surface area contributed by atoms with Crippen LogP contribution in [-0.4, -0.2) is 86.7 Å². The fraction of sp³-hybridized carbons (Fsp3) is 0.444. The number of rotatable bonds is 9. The summed E-state index contributed by atoms with van der Waals surface area (Å²) in [6, 6.07) is 21.7. The van der Waals surface area contributed by atoms with Crippen LogP contribution in [0.2, 0.25) is 0 Å². The van der Waals surface area contributed by atoms with Crippen LogP contribution in [0, 0.1) is 5.92 Å². The Balaban J connectivity index is 1.63. The van der Waals surface area contributed by atoms with Crippen molar-refractivity contribution in [2.75, 3.05) is 38.1 Å². The van der Waals surface area contributed by atoms with E-state index in [-0.39, 0.29) is 59.8 Å². The van der Waals surface area contributed by atoms with Crippen molar-refractivity contribution in [1.29, 1.82) is 0 Å². The van der Waals surface area contributed by atoms with Crippen molar-refractivity contribution < 1.29 is 32.6 Å². The van der Waals surface area contributed by atoms with Crippen molar-refractivity contribution in [3.05, 3.63) is 90.0 Å². The van der Waals surface area contributed by atoms with Gasteiger partial charge in [-0.25, -0.2) is 8.42 Å². The van der Waals surface area contributed by atoms with Crippen molar-refractivity contribution in [2.45, 2.75) is 69.6 Å². The highest BCUT2D eigenvalue weighted by molar-refractivity contribution is 7.92. The van der Waals surface area contributed by atoms with Crippen molar-refractivity contribution in [2.24, 2.45) is 5.92 Å². The minimum Gasteiger partial charge on any atom is -0.490 e. The molecule has 3 aromatic rings. The van der Waals surface area contributed by atoms with E-state index >= 15 is 0 Å². The molecule has 0 fully saturated rings. The topological polar surface area (TPSA) is 125 Å². The van der Waals surface area contributed by atoms with Crippen LogP contribution in [0.3, 0.4) is 0 Å². The van der Waals surface area contributed by atoms with Gasteiger partial charge in [0, 0.05) is 38.3 Å². The summed E-state index contributed by atoms with van der Waals surface area (Å²) in [6.45, 7) is 6.43. The second kappa shape index (κ2) is 16.8. The number of ether oxygens (including phenoxy) is 2. The Kier molecular flexibility index (Phi) is 12.8. The van der Waals surface area contributed by atoms with Gasteiger partial charge in [-0.2, -0.15) is 0 Å². The molecule has 0 bridgehead atoms. The van der Waals surface area contributed by atoms with Gasteiger partial charge in [0.2, 0.25) is 5.91 Å². The van der Waals surface area contributed by atoms with Crippen molar-refractivity contribution in [1.82, 2.24) is 9.80 Å². The maximum Gasteiger partial charge on any atom is 0.261 e. The summed E-state index contributed by atoms with van der Waals surface area (Å²) in [7, 11) is -2.15. The molecular weight excluding hydrogens is 618 g/mol. The lowest BCUT2D eigenvalue weighted by atomic mass is 10.0. The average Bonchev–Trinajstić information content (AvgIpc) is 3.06. The Morgan fingerprint density at radius 3 is 2.40 bits per heavy atom. The second-order valence-corrected chi connectivity index (χ2v) is 14.0. The molecule has 2 N–H and O–H groups in total. The monoisotopic (exact) mass is 665 g/mol. The third-order valence-corrected chi connectivity index (χ3v) is 9.83. The quantitative estimate of drug-likeness (QED) is 0.330. The number of aliphatic hydroxyl groups excluding tert-OH is 1. The molecule has 0 aliphatic carbocycles. The van der Waals surface area contributed by atoms with Gasteiger partial charge in [-0.1, -0.05) is 55.5 Å². The summed E-state index contributed by atoms with van der Waals surface area (Å²) >= 11 is 0. The Morgan fingerprint density at radius 2 is 1.72 bits per heavy atom. The minimum absolute atomic E-state index is 0.0338. The number of aliphatic hydroxyl groups is 1. The highest BCUT2D eigenvalue weighted by Gasteiger charge is 2.31. The third kappa shape index (κ3) is 10.0. The summed E-state index contributed by atoms with van der Waals surface area (Å²) in [5.41, 5.74) is 1.32. The minimum atomic E-state index is -3.91. The summed E-state index contributed by atoms with van der Waals surface area (Å²) in [5, 5.41) is 10.2. The van der Waals surface area contributed by atoms with Crippen LogP contribution >= 0.6 is 0 Å². The van der Waals surface area contributed by atoms with Crippen molar-refractivity contribution in [3.8, 4) is 5.75 Å². The number of anilines is 1. The molecule has 4 rings (SSSR count). The Morgan fingerprint density at radius 1 is 1.04 bits per heavy atom. The van der Waals surface area contributed by atoms with E-state index in [1.165, 1.54) is 18.2 Å². The van der Waals surface area contributed by atoms with Gasteiger partial charge in [0.25, 0.3) is 15.9 Å². The molecule has 4 atom stereocenters. The van der Waals surface area contributed by atoms with E-state index in [0.29, 0.717) is 25.3 Å².